The van der Waals surface area contributed by atoms with E-state index >= 15 is 0 Å². The van der Waals surface area contributed by atoms with Crippen molar-refractivity contribution in [3.8, 4) is 0 Å². The van der Waals surface area contributed by atoms with Gasteiger partial charge < -0.3 is 4.74 Å². The van der Waals surface area contributed by atoms with Crippen molar-refractivity contribution in [2.45, 2.75) is 13.0 Å². The van der Waals surface area contributed by atoms with Gasteiger partial charge in [-0.15, -0.1) is 9.24 Å². The zero-order valence-electron chi connectivity index (χ0n) is 8.96. The van der Waals surface area contributed by atoms with Crippen molar-refractivity contribution in [3.63, 3.8) is 0 Å². The summed E-state index contributed by atoms with van der Waals surface area (Å²) in [6.45, 7) is 1.61. The lowest BCUT2D eigenvalue weighted by Gasteiger charge is -2.07. The Labute approximate surface area is 116 Å². The van der Waals surface area contributed by atoms with Gasteiger partial charge in [-0.1, -0.05) is 37.9 Å². The van der Waals surface area contributed by atoms with Crippen LogP contribution in [0.1, 0.15) is 12.0 Å². The fourth-order valence-corrected chi connectivity index (χ4v) is 3.19. The van der Waals surface area contributed by atoms with Crippen LogP contribution in [0, 0.1) is 11.8 Å². The molecule has 0 aliphatic heterocycles. The Balaban J connectivity index is 1.79. The van der Waals surface area contributed by atoms with Crippen LogP contribution in [0.5, 0.6) is 0 Å². The van der Waals surface area contributed by atoms with Gasteiger partial charge in [0.2, 0.25) is 0 Å². The van der Waals surface area contributed by atoms with Crippen molar-refractivity contribution >= 4 is 46.4 Å². The van der Waals surface area contributed by atoms with Crippen molar-refractivity contribution < 1.29 is 4.74 Å². The highest BCUT2D eigenvalue weighted by Crippen LogP contribution is 2.39. The molecule has 0 spiro atoms. The third-order valence-corrected chi connectivity index (χ3v) is 4.85. The number of hydrogen-bond acceptors (Lipinski definition) is 1. The van der Waals surface area contributed by atoms with Gasteiger partial charge in [0.1, 0.15) is 0 Å². The second kappa shape index (κ2) is 5.95. The summed E-state index contributed by atoms with van der Waals surface area (Å²) >= 11 is 6.99. The molecule has 0 amide bonds. The zero-order valence-corrected chi connectivity index (χ0v) is 13.3. The van der Waals surface area contributed by atoms with Crippen molar-refractivity contribution in [2.24, 2.45) is 11.8 Å². The number of alkyl halides is 1. The molecule has 1 saturated carbocycles. The van der Waals surface area contributed by atoms with E-state index in [0.29, 0.717) is 6.61 Å². The van der Waals surface area contributed by atoms with Crippen LogP contribution in [0.15, 0.2) is 22.7 Å². The molecule has 0 heterocycles. The van der Waals surface area contributed by atoms with Crippen LogP contribution in [0.25, 0.3) is 0 Å². The van der Waals surface area contributed by atoms with Crippen molar-refractivity contribution in [2.75, 3.05) is 11.9 Å². The number of hydrogen-bond donors (Lipinski definition) is 0. The maximum Gasteiger partial charge on any atom is 0.0723 e. The second-order valence-corrected chi connectivity index (χ2v) is 6.45. The molecule has 2 rings (SSSR count). The molecule has 0 N–H and O–H groups in total. The van der Waals surface area contributed by atoms with E-state index in [1.165, 1.54) is 17.3 Å². The minimum absolute atomic E-state index is 0.712. The molecule has 0 bridgehead atoms. The van der Waals surface area contributed by atoms with Crippen LogP contribution >= 0.6 is 41.1 Å². The monoisotopic (exact) mass is 364 g/mol. The summed E-state index contributed by atoms with van der Waals surface area (Å²) in [6.07, 6.45) is 1.32. The van der Waals surface area contributed by atoms with Crippen molar-refractivity contribution in [3.05, 3.63) is 28.2 Å². The minimum Gasteiger partial charge on any atom is -0.376 e. The third-order valence-electron chi connectivity index (χ3n) is 2.96. The Morgan fingerprint density at radius 1 is 1.38 bits per heavy atom. The molecule has 0 aromatic heterocycles. The molecule has 4 heteroatoms. The fourth-order valence-electron chi connectivity index (χ4n) is 1.72. The van der Waals surface area contributed by atoms with E-state index < -0.39 is 0 Å². The SMILES string of the molecule is Pc1ccc(Br)cc1COC[C@H]1C[C@@H]1CBr. The van der Waals surface area contributed by atoms with Gasteiger partial charge in [-0.05, 0) is 41.3 Å². The van der Waals surface area contributed by atoms with Crippen LogP contribution in [-0.2, 0) is 11.3 Å². The summed E-state index contributed by atoms with van der Waals surface area (Å²) in [5.41, 5.74) is 1.25. The number of benzene rings is 1. The standard InChI is InChI=1S/C12H15Br2OP/c13-5-8-3-9(8)6-15-7-10-4-11(14)1-2-12(10)16/h1-2,4,8-9H,3,5-7,16H2/t8-,9-/m1/s1. The van der Waals surface area contributed by atoms with Gasteiger partial charge in [-0.3, -0.25) is 0 Å². The summed E-state index contributed by atoms with van der Waals surface area (Å²) in [7, 11) is 2.75. The molecule has 1 aliphatic carbocycles. The Bertz CT molecular complexity index is 370. The van der Waals surface area contributed by atoms with Crippen LogP contribution in [0.2, 0.25) is 0 Å². The minimum atomic E-state index is 0.712. The van der Waals surface area contributed by atoms with Gasteiger partial charge in [0.25, 0.3) is 0 Å². The first-order valence-electron chi connectivity index (χ1n) is 5.38. The topological polar surface area (TPSA) is 9.23 Å². The molecule has 0 saturated heterocycles. The molecule has 1 aromatic rings. The highest BCUT2D eigenvalue weighted by atomic mass is 79.9. The molecule has 1 nitrogen and oxygen atoms in total. The van der Waals surface area contributed by atoms with Crippen LogP contribution in [0.4, 0.5) is 0 Å². The van der Waals surface area contributed by atoms with E-state index in [9.17, 15) is 0 Å². The van der Waals surface area contributed by atoms with Gasteiger partial charge in [-0.2, -0.15) is 0 Å². The molecule has 88 valence electrons. The van der Waals surface area contributed by atoms with E-state index in [0.717, 1.165) is 28.2 Å². The highest BCUT2D eigenvalue weighted by Gasteiger charge is 2.35. The molecule has 1 fully saturated rings. The highest BCUT2D eigenvalue weighted by molar-refractivity contribution is 9.10. The maximum absolute atomic E-state index is 5.76. The first-order chi connectivity index (χ1) is 7.70. The predicted octanol–water partition coefficient (Wildman–Crippen LogP) is 3.50. The Morgan fingerprint density at radius 3 is 2.88 bits per heavy atom. The van der Waals surface area contributed by atoms with Gasteiger partial charge in [-0.25, -0.2) is 0 Å². The molecule has 1 unspecified atom stereocenters. The van der Waals surface area contributed by atoms with Crippen LogP contribution in [0.3, 0.4) is 0 Å². The molecule has 0 radical (unpaired) electrons. The first kappa shape index (κ1) is 13.0. The van der Waals surface area contributed by atoms with Crippen LogP contribution in [-0.4, -0.2) is 11.9 Å². The third kappa shape index (κ3) is 3.53. The quantitative estimate of drug-likeness (QED) is 0.573. The summed E-state index contributed by atoms with van der Waals surface area (Å²) in [5.74, 6) is 1.62. The molecular weight excluding hydrogens is 351 g/mol. The smallest absolute Gasteiger partial charge is 0.0723 e. The van der Waals surface area contributed by atoms with E-state index in [-0.39, 0.29) is 0 Å². The molecule has 1 aromatic carbocycles. The summed E-state index contributed by atoms with van der Waals surface area (Å²) < 4.78 is 6.87. The van der Waals surface area contributed by atoms with Crippen LogP contribution < -0.4 is 5.30 Å². The number of rotatable bonds is 5. The summed E-state index contributed by atoms with van der Waals surface area (Å²) in [4.78, 5) is 0. The Kier molecular flexibility index (Phi) is 4.84. The van der Waals surface area contributed by atoms with Gasteiger partial charge in [0, 0.05) is 9.80 Å². The fraction of sp³-hybridized carbons (Fsp3) is 0.500. The van der Waals surface area contributed by atoms with E-state index in [2.05, 4.69) is 53.2 Å². The number of ether oxygens (including phenoxy) is 1. The largest absolute Gasteiger partial charge is 0.376 e. The average Bonchev–Trinajstić information content (AvgIpc) is 3.02. The average molecular weight is 366 g/mol. The lowest BCUT2D eigenvalue weighted by molar-refractivity contribution is 0.109. The van der Waals surface area contributed by atoms with Gasteiger partial charge in [0.05, 0.1) is 13.2 Å². The molecule has 16 heavy (non-hydrogen) atoms. The first-order valence-corrected chi connectivity index (χ1v) is 7.87. The summed E-state index contributed by atoms with van der Waals surface area (Å²) in [6, 6.07) is 6.26. The zero-order chi connectivity index (χ0) is 11.5. The molecule has 1 aliphatic rings. The van der Waals surface area contributed by atoms with E-state index in [4.69, 9.17) is 4.74 Å². The lowest BCUT2D eigenvalue weighted by Crippen LogP contribution is -2.06. The lowest BCUT2D eigenvalue weighted by atomic mass is 10.2. The maximum atomic E-state index is 5.76. The second-order valence-electron chi connectivity index (χ2n) is 4.27. The van der Waals surface area contributed by atoms with Crippen molar-refractivity contribution in [1.29, 1.82) is 0 Å². The normalized spacial score (nSPS) is 23.4. The molecule has 3 atom stereocenters. The number of halogens is 2. The van der Waals surface area contributed by atoms with E-state index in [1.807, 2.05) is 6.07 Å². The van der Waals surface area contributed by atoms with Gasteiger partial charge in [0.15, 0.2) is 0 Å². The van der Waals surface area contributed by atoms with E-state index in [1.54, 1.807) is 0 Å². The van der Waals surface area contributed by atoms with Crippen molar-refractivity contribution in [1.82, 2.24) is 0 Å². The Morgan fingerprint density at radius 2 is 2.19 bits per heavy atom. The predicted molar refractivity (Wildman–Crippen MR) is 78.5 cm³/mol. The Hall–Kier alpha value is 0.570. The summed E-state index contributed by atoms with van der Waals surface area (Å²) in [5, 5.41) is 2.34. The van der Waals surface area contributed by atoms with Gasteiger partial charge >= 0.3 is 0 Å². The molecular formula is C12H15Br2OP.